The monoisotopic (exact) mass is 353 g/mol. The largest absolute Gasteiger partial charge is 0.465 e. The quantitative estimate of drug-likeness (QED) is 0.508. The van der Waals surface area contributed by atoms with Crippen LogP contribution in [0.2, 0.25) is 0 Å². The van der Waals surface area contributed by atoms with Crippen LogP contribution in [0.1, 0.15) is 26.5 Å². The molecule has 1 aromatic heterocycles. The lowest BCUT2D eigenvalue weighted by molar-refractivity contribution is -0.149. The van der Waals surface area contributed by atoms with E-state index in [9.17, 15) is 4.79 Å². The first kappa shape index (κ1) is 19.4. The molecule has 0 radical (unpaired) electrons. The highest BCUT2D eigenvalue weighted by Gasteiger charge is 2.20. The molecule has 0 bridgehead atoms. The van der Waals surface area contributed by atoms with Crippen molar-refractivity contribution in [3.8, 4) is 0 Å². The van der Waals surface area contributed by atoms with Crippen LogP contribution in [0.4, 0.5) is 5.69 Å². The Morgan fingerprint density at radius 1 is 1.35 bits per heavy atom. The predicted molar refractivity (Wildman–Crippen MR) is 103 cm³/mol. The molecule has 6 heteroatoms. The molecule has 0 amide bonds. The topological polar surface area (TPSA) is 67.0 Å². The van der Waals surface area contributed by atoms with Crippen molar-refractivity contribution in [1.82, 2.24) is 4.98 Å². The highest BCUT2D eigenvalue weighted by molar-refractivity contribution is 5.96. The lowest BCUT2D eigenvalue weighted by Gasteiger charge is -2.19. The van der Waals surface area contributed by atoms with Gasteiger partial charge in [-0.1, -0.05) is 6.07 Å². The molecule has 0 aliphatic rings. The summed E-state index contributed by atoms with van der Waals surface area (Å²) in [5, 5.41) is 9.98. The van der Waals surface area contributed by atoms with Gasteiger partial charge in [0.15, 0.2) is 0 Å². The van der Waals surface area contributed by atoms with Crippen molar-refractivity contribution >= 4 is 28.6 Å². The first-order valence-electron chi connectivity index (χ1n) is 8.29. The van der Waals surface area contributed by atoms with E-state index in [0.717, 1.165) is 16.6 Å². The number of hydrogen-bond acceptors (Lipinski definition) is 5. The third-order valence-corrected chi connectivity index (χ3v) is 3.58. The zero-order chi connectivity index (χ0) is 19.3. The van der Waals surface area contributed by atoms with Gasteiger partial charge in [0.2, 0.25) is 0 Å². The molecule has 0 unspecified atom stereocenters. The van der Waals surface area contributed by atoms with Crippen molar-refractivity contribution in [2.24, 2.45) is 0 Å². The molecule has 26 heavy (non-hydrogen) atoms. The highest BCUT2D eigenvalue weighted by atomic mass is 16.6. The molecule has 0 atom stereocenters. The molecule has 0 saturated heterocycles. The van der Waals surface area contributed by atoms with Gasteiger partial charge < -0.3 is 14.7 Å². The number of aromatic nitrogens is 1. The van der Waals surface area contributed by atoms with E-state index in [1.54, 1.807) is 26.8 Å². The summed E-state index contributed by atoms with van der Waals surface area (Å²) < 4.78 is 5.24. The number of benzene rings is 1. The molecular weight excluding hydrogens is 330 g/mol. The molecule has 1 aromatic carbocycles. The first-order chi connectivity index (χ1) is 12.2. The van der Waals surface area contributed by atoms with Gasteiger partial charge in [-0.25, -0.2) is 9.83 Å². The van der Waals surface area contributed by atoms with Gasteiger partial charge in [0.25, 0.3) is 5.70 Å². The van der Waals surface area contributed by atoms with Crippen molar-refractivity contribution in [1.29, 1.82) is 0 Å². The van der Waals surface area contributed by atoms with Crippen LogP contribution >= 0.6 is 0 Å². The molecule has 1 N–H and O–H groups in total. The molecule has 0 aliphatic carbocycles. The Hall–Kier alpha value is -2.91. The third-order valence-electron chi connectivity index (χ3n) is 3.58. The number of hydrogen-bond donors (Lipinski definition) is 1. The number of nitrogens with zero attached hydrogens (tertiary/aromatic N) is 3. The van der Waals surface area contributed by atoms with E-state index in [2.05, 4.69) is 9.83 Å². The number of pyridine rings is 1. The number of rotatable bonds is 5. The van der Waals surface area contributed by atoms with E-state index in [1.807, 2.05) is 36.2 Å². The van der Waals surface area contributed by atoms with E-state index in [1.165, 1.54) is 6.08 Å². The minimum Gasteiger partial charge on any atom is -0.465 e. The van der Waals surface area contributed by atoms with Crippen LogP contribution in [-0.2, 0) is 9.53 Å². The fraction of sp³-hybridized carbons (Fsp3) is 0.350. The minimum atomic E-state index is -0.658. The maximum atomic E-state index is 12.1. The second-order valence-corrected chi connectivity index (χ2v) is 6.90. The summed E-state index contributed by atoms with van der Waals surface area (Å²) in [6, 6.07) is 9.42. The van der Waals surface area contributed by atoms with E-state index < -0.39 is 11.6 Å². The Labute approximate surface area is 153 Å². The van der Waals surface area contributed by atoms with Crippen LogP contribution in [0.5, 0.6) is 0 Å². The molecule has 6 nitrogen and oxygen atoms in total. The van der Waals surface area contributed by atoms with Gasteiger partial charge in [-0.05, 0) is 51.1 Å². The predicted octanol–water partition coefficient (Wildman–Crippen LogP) is 3.27. The zero-order valence-electron chi connectivity index (χ0n) is 15.5. The number of fused-ring (bicyclic) bond motifs is 1. The molecule has 2 aromatic rings. The number of ether oxygens (including phenoxy) is 1. The van der Waals surface area contributed by atoms with Crippen molar-refractivity contribution in [3.05, 3.63) is 53.1 Å². The lowest BCUT2D eigenvalue weighted by atomic mass is 10.1. The summed E-state index contributed by atoms with van der Waals surface area (Å²) in [5.41, 5.74) is 1.49. The fourth-order valence-corrected chi connectivity index (χ4v) is 2.33. The Kier molecular flexibility index (Phi) is 5.96. The number of aliphatic hydroxyl groups is 1. The summed E-state index contributed by atoms with van der Waals surface area (Å²) >= 11 is 0. The number of aliphatic hydroxyl groups excluding tert-OH is 1. The summed E-state index contributed by atoms with van der Waals surface area (Å²) in [5.74, 6) is -0.657. The van der Waals surface area contributed by atoms with Crippen LogP contribution < -0.4 is 4.90 Å². The van der Waals surface area contributed by atoms with Crippen LogP contribution in [0.25, 0.3) is 21.8 Å². The van der Waals surface area contributed by atoms with Crippen LogP contribution in [-0.4, -0.2) is 41.9 Å². The number of carbonyl (C=O) groups is 1. The average Bonchev–Trinajstić information content (AvgIpc) is 2.57. The number of anilines is 1. The minimum absolute atomic E-state index is 0.0839. The summed E-state index contributed by atoms with van der Waals surface area (Å²) in [6.45, 7) is 13.1. The van der Waals surface area contributed by atoms with Crippen LogP contribution in [0.15, 0.2) is 36.0 Å². The van der Waals surface area contributed by atoms with Crippen molar-refractivity contribution < 1.29 is 14.6 Å². The second-order valence-electron chi connectivity index (χ2n) is 6.90. The Bertz CT molecular complexity index is 876. The van der Waals surface area contributed by atoms with E-state index in [4.69, 9.17) is 16.4 Å². The van der Waals surface area contributed by atoms with Gasteiger partial charge in [0.05, 0.1) is 24.4 Å². The second kappa shape index (κ2) is 7.98. The normalized spacial score (nSPS) is 11.9. The number of esters is 1. The van der Waals surface area contributed by atoms with E-state index in [0.29, 0.717) is 12.2 Å². The summed E-state index contributed by atoms with van der Waals surface area (Å²) in [7, 11) is 1.91. The van der Waals surface area contributed by atoms with Crippen molar-refractivity contribution in [2.75, 3.05) is 25.1 Å². The standard InChI is InChI=1S/C20H23N3O3/c1-20(2,3)26-19(25)18(21-4)13-15-7-6-14-12-16(23(5)10-11-24)8-9-17(14)22-15/h6-9,12-13,24H,10-11H2,1-3,5H3/b18-13-. The molecule has 0 aliphatic heterocycles. The average molecular weight is 353 g/mol. The lowest BCUT2D eigenvalue weighted by Crippen LogP contribution is -2.24. The Morgan fingerprint density at radius 2 is 2.08 bits per heavy atom. The molecule has 2 rings (SSSR count). The maximum Gasteiger partial charge on any atom is 0.336 e. The molecule has 0 spiro atoms. The number of carbonyl (C=O) groups excluding carboxylic acids is 1. The summed E-state index contributed by atoms with van der Waals surface area (Å²) in [6.07, 6.45) is 1.44. The van der Waals surface area contributed by atoms with E-state index >= 15 is 0 Å². The van der Waals surface area contributed by atoms with Crippen molar-refractivity contribution in [3.63, 3.8) is 0 Å². The first-order valence-corrected chi connectivity index (χ1v) is 8.29. The molecule has 0 fully saturated rings. The fourth-order valence-electron chi connectivity index (χ4n) is 2.33. The molecular formula is C20H23N3O3. The Morgan fingerprint density at radius 3 is 2.69 bits per heavy atom. The Balaban J connectivity index is 2.31. The zero-order valence-corrected chi connectivity index (χ0v) is 15.5. The highest BCUT2D eigenvalue weighted by Crippen LogP contribution is 2.22. The van der Waals surface area contributed by atoms with Gasteiger partial charge in [-0.15, -0.1) is 0 Å². The number of likely N-dealkylation sites (N-methyl/N-ethyl adjacent to an activating group) is 1. The van der Waals surface area contributed by atoms with Gasteiger partial charge in [-0.2, -0.15) is 0 Å². The summed E-state index contributed by atoms with van der Waals surface area (Å²) in [4.78, 5) is 21.8. The van der Waals surface area contributed by atoms with Crippen LogP contribution in [0, 0.1) is 6.57 Å². The van der Waals surface area contributed by atoms with Gasteiger partial charge >= 0.3 is 5.97 Å². The molecule has 0 saturated carbocycles. The SMILES string of the molecule is [C-]#[N+]/C(=C\c1ccc2cc(N(C)CCO)ccc2n1)C(=O)OC(C)(C)C. The third kappa shape index (κ3) is 5.04. The maximum absolute atomic E-state index is 12.1. The van der Waals surface area contributed by atoms with Gasteiger partial charge in [-0.3, -0.25) is 4.79 Å². The molecule has 1 heterocycles. The van der Waals surface area contributed by atoms with E-state index in [-0.39, 0.29) is 12.3 Å². The smallest absolute Gasteiger partial charge is 0.336 e. The van der Waals surface area contributed by atoms with Crippen LogP contribution in [0.3, 0.4) is 0 Å². The van der Waals surface area contributed by atoms with Gasteiger partial charge in [0.1, 0.15) is 5.60 Å². The van der Waals surface area contributed by atoms with Crippen molar-refractivity contribution in [2.45, 2.75) is 26.4 Å². The molecule has 136 valence electrons. The van der Waals surface area contributed by atoms with Gasteiger partial charge in [0, 0.05) is 24.7 Å².